The number of carbonyl (C=O) groups is 1. The van der Waals surface area contributed by atoms with Crippen LogP contribution in [0.4, 0.5) is 0 Å². The summed E-state index contributed by atoms with van der Waals surface area (Å²) in [5, 5.41) is 15.4. The van der Waals surface area contributed by atoms with Gasteiger partial charge in [-0.15, -0.1) is 5.10 Å². The van der Waals surface area contributed by atoms with E-state index in [1.807, 2.05) is 44.2 Å². The first kappa shape index (κ1) is 18.8. The third-order valence-corrected chi connectivity index (χ3v) is 5.82. The monoisotopic (exact) mass is 375 g/mol. The van der Waals surface area contributed by atoms with Gasteiger partial charge in [-0.3, -0.25) is 4.79 Å². The molecule has 0 radical (unpaired) electrons. The maximum absolute atomic E-state index is 12.7. The van der Waals surface area contributed by atoms with Gasteiger partial charge >= 0.3 is 0 Å². The maximum Gasteiger partial charge on any atom is 0.234 e. The topological polar surface area (TPSA) is 81.9 Å². The first-order chi connectivity index (χ1) is 12.6. The van der Waals surface area contributed by atoms with Crippen molar-refractivity contribution in [2.45, 2.75) is 56.3 Å². The van der Waals surface area contributed by atoms with Crippen molar-refractivity contribution in [1.29, 1.82) is 0 Å². The molecule has 1 aliphatic heterocycles. The summed E-state index contributed by atoms with van der Waals surface area (Å²) in [6.07, 6.45) is 2.25. The summed E-state index contributed by atoms with van der Waals surface area (Å²) in [5.74, 6) is 0.157. The van der Waals surface area contributed by atoms with Crippen LogP contribution in [-0.4, -0.2) is 44.1 Å². The summed E-state index contributed by atoms with van der Waals surface area (Å²) in [7, 11) is 0. The Bertz CT molecular complexity index is 701. The fraction of sp³-hybridized carbons (Fsp3) is 0.556. The van der Waals surface area contributed by atoms with Crippen LogP contribution in [0, 0.1) is 5.92 Å². The van der Waals surface area contributed by atoms with Crippen molar-refractivity contribution < 1.29 is 9.53 Å². The average molecular weight is 375 g/mol. The molecule has 26 heavy (non-hydrogen) atoms. The Balaban J connectivity index is 1.61. The van der Waals surface area contributed by atoms with Crippen molar-refractivity contribution in [2.24, 2.45) is 5.92 Å². The standard InChI is InChI=1S/C18H25N5O2S/c1-13(2)16(17(24)19-11-14-7-4-3-5-8-14)26-18-20-21-22-23(18)12-15-9-6-10-25-15/h3-5,7-8,13,15-16H,6,9-12H2,1-2H3,(H,19,24). The van der Waals surface area contributed by atoms with Crippen LogP contribution >= 0.6 is 11.8 Å². The quantitative estimate of drug-likeness (QED) is 0.713. The van der Waals surface area contributed by atoms with E-state index < -0.39 is 0 Å². The van der Waals surface area contributed by atoms with Gasteiger partial charge in [-0.25, -0.2) is 4.68 Å². The van der Waals surface area contributed by atoms with Crippen molar-refractivity contribution in [2.75, 3.05) is 6.61 Å². The molecular weight excluding hydrogens is 350 g/mol. The van der Waals surface area contributed by atoms with Crippen LogP contribution in [0.3, 0.4) is 0 Å². The molecule has 2 heterocycles. The maximum atomic E-state index is 12.7. The zero-order chi connectivity index (χ0) is 18.4. The highest BCUT2D eigenvalue weighted by Crippen LogP contribution is 2.27. The molecule has 1 aromatic heterocycles. The van der Waals surface area contributed by atoms with Gasteiger partial charge in [-0.2, -0.15) is 0 Å². The Labute approximate surface area is 157 Å². The number of aromatic nitrogens is 4. The van der Waals surface area contributed by atoms with E-state index in [4.69, 9.17) is 4.74 Å². The van der Waals surface area contributed by atoms with E-state index in [9.17, 15) is 4.79 Å². The van der Waals surface area contributed by atoms with E-state index >= 15 is 0 Å². The van der Waals surface area contributed by atoms with Gasteiger partial charge in [0.25, 0.3) is 0 Å². The fourth-order valence-corrected chi connectivity index (χ4v) is 3.87. The Morgan fingerprint density at radius 1 is 1.38 bits per heavy atom. The molecule has 1 N–H and O–H groups in total. The summed E-state index contributed by atoms with van der Waals surface area (Å²) in [5.41, 5.74) is 1.08. The van der Waals surface area contributed by atoms with Crippen LogP contribution in [0.5, 0.6) is 0 Å². The molecule has 1 saturated heterocycles. The number of hydrogen-bond acceptors (Lipinski definition) is 6. The molecule has 2 unspecified atom stereocenters. The number of hydrogen-bond donors (Lipinski definition) is 1. The molecule has 7 nitrogen and oxygen atoms in total. The zero-order valence-corrected chi connectivity index (χ0v) is 16.0. The van der Waals surface area contributed by atoms with Gasteiger partial charge in [-0.1, -0.05) is 55.9 Å². The van der Waals surface area contributed by atoms with Crippen LogP contribution in [0.25, 0.3) is 0 Å². The summed E-state index contributed by atoms with van der Waals surface area (Å²) in [4.78, 5) is 12.7. The van der Waals surface area contributed by atoms with Gasteiger partial charge in [0.05, 0.1) is 17.9 Å². The minimum Gasteiger partial charge on any atom is -0.376 e. The van der Waals surface area contributed by atoms with Crippen molar-refractivity contribution in [1.82, 2.24) is 25.5 Å². The van der Waals surface area contributed by atoms with Gasteiger partial charge < -0.3 is 10.1 Å². The number of rotatable bonds is 8. The third-order valence-electron chi connectivity index (χ3n) is 4.31. The summed E-state index contributed by atoms with van der Waals surface area (Å²) < 4.78 is 7.41. The van der Waals surface area contributed by atoms with E-state index in [-0.39, 0.29) is 23.2 Å². The van der Waals surface area contributed by atoms with Crippen molar-refractivity contribution >= 4 is 17.7 Å². The number of nitrogens with one attached hydrogen (secondary N) is 1. The highest BCUT2D eigenvalue weighted by molar-refractivity contribution is 8.00. The Morgan fingerprint density at radius 3 is 2.88 bits per heavy atom. The highest BCUT2D eigenvalue weighted by atomic mass is 32.2. The molecular formula is C18H25N5O2S. The van der Waals surface area contributed by atoms with Crippen LogP contribution in [0.15, 0.2) is 35.5 Å². The number of carbonyl (C=O) groups excluding carboxylic acids is 1. The summed E-state index contributed by atoms with van der Waals surface area (Å²) >= 11 is 1.42. The molecule has 140 valence electrons. The second kappa shape index (κ2) is 9.14. The molecule has 0 bridgehead atoms. The van der Waals surface area contributed by atoms with E-state index in [0.717, 1.165) is 25.0 Å². The van der Waals surface area contributed by atoms with Crippen LogP contribution in [0.1, 0.15) is 32.3 Å². The van der Waals surface area contributed by atoms with Crippen LogP contribution in [0.2, 0.25) is 0 Å². The molecule has 1 fully saturated rings. The third kappa shape index (κ3) is 5.04. The van der Waals surface area contributed by atoms with E-state index in [1.165, 1.54) is 11.8 Å². The molecule has 0 aliphatic carbocycles. The molecule has 0 spiro atoms. The second-order valence-electron chi connectivity index (χ2n) is 6.76. The first-order valence-corrected chi connectivity index (χ1v) is 9.87. The molecule has 2 aromatic rings. The SMILES string of the molecule is CC(C)C(Sc1nnnn1CC1CCCO1)C(=O)NCc1ccccc1. The first-order valence-electron chi connectivity index (χ1n) is 8.99. The fourth-order valence-electron chi connectivity index (χ4n) is 2.87. The lowest BCUT2D eigenvalue weighted by molar-refractivity contribution is -0.121. The molecule has 0 saturated carbocycles. The molecule has 1 aromatic carbocycles. The van der Waals surface area contributed by atoms with Gasteiger partial charge in [0.1, 0.15) is 0 Å². The van der Waals surface area contributed by atoms with Crippen molar-refractivity contribution in [3.63, 3.8) is 0 Å². The second-order valence-corrected chi connectivity index (χ2v) is 7.87. The minimum atomic E-state index is -0.257. The molecule has 3 rings (SSSR count). The molecule has 1 amide bonds. The van der Waals surface area contributed by atoms with Crippen molar-refractivity contribution in [3.05, 3.63) is 35.9 Å². The predicted molar refractivity (Wildman–Crippen MR) is 99.6 cm³/mol. The van der Waals surface area contributed by atoms with Gasteiger partial charge in [0, 0.05) is 13.2 Å². The van der Waals surface area contributed by atoms with Crippen molar-refractivity contribution in [3.8, 4) is 0 Å². The lowest BCUT2D eigenvalue weighted by Gasteiger charge is -2.19. The molecule has 2 atom stereocenters. The Morgan fingerprint density at radius 2 is 2.19 bits per heavy atom. The summed E-state index contributed by atoms with van der Waals surface area (Å²) in [6, 6.07) is 9.90. The largest absolute Gasteiger partial charge is 0.376 e. The van der Waals surface area contributed by atoms with E-state index in [2.05, 4.69) is 20.8 Å². The molecule has 8 heteroatoms. The van der Waals surface area contributed by atoms with Gasteiger partial charge in [0.15, 0.2) is 0 Å². The minimum absolute atomic E-state index is 0.000481. The van der Waals surface area contributed by atoms with Crippen LogP contribution < -0.4 is 5.32 Å². The number of benzene rings is 1. The van der Waals surface area contributed by atoms with Gasteiger partial charge in [-0.05, 0) is 34.7 Å². The number of nitrogens with zero attached hydrogens (tertiary/aromatic N) is 4. The zero-order valence-electron chi connectivity index (χ0n) is 15.2. The molecule has 1 aliphatic rings. The average Bonchev–Trinajstić information content (AvgIpc) is 3.31. The lowest BCUT2D eigenvalue weighted by Crippen LogP contribution is -2.35. The van der Waals surface area contributed by atoms with E-state index in [0.29, 0.717) is 18.2 Å². The Hall–Kier alpha value is -1.93. The Kier molecular flexibility index (Phi) is 6.62. The number of amides is 1. The van der Waals surface area contributed by atoms with E-state index in [1.54, 1.807) is 4.68 Å². The smallest absolute Gasteiger partial charge is 0.234 e. The normalized spacial score (nSPS) is 18.2. The number of tetrazole rings is 1. The summed E-state index contributed by atoms with van der Waals surface area (Å²) in [6.45, 7) is 6.02. The van der Waals surface area contributed by atoms with Gasteiger partial charge in [0.2, 0.25) is 11.1 Å². The predicted octanol–water partition coefficient (Wildman–Crippen LogP) is 2.29. The number of ether oxygens (including phenoxy) is 1. The highest BCUT2D eigenvalue weighted by Gasteiger charge is 2.27. The lowest BCUT2D eigenvalue weighted by atomic mass is 10.1. The van der Waals surface area contributed by atoms with Crippen LogP contribution in [-0.2, 0) is 22.6 Å². The number of thioether (sulfide) groups is 1.